The van der Waals surface area contributed by atoms with E-state index in [0.29, 0.717) is 5.76 Å². The molecule has 0 amide bonds. The van der Waals surface area contributed by atoms with Gasteiger partial charge >= 0.3 is 5.97 Å². The number of ether oxygens (including phenoxy) is 1. The Morgan fingerprint density at radius 3 is 2.58 bits per heavy atom. The molecule has 1 aromatic carbocycles. The molecule has 1 unspecified atom stereocenters. The Hall–Kier alpha value is -3.34. The summed E-state index contributed by atoms with van der Waals surface area (Å²) in [6, 6.07) is 12.1. The van der Waals surface area contributed by atoms with Crippen LogP contribution in [-0.2, 0) is 12.8 Å². The number of carboxylic acids is 1. The molecule has 0 saturated heterocycles. The van der Waals surface area contributed by atoms with Crippen molar-refractivity contribution >= 4 is 11.7 Å². The van der Waals surface area contributed by atoms with E-state index in [0.717, 1.165) is 37.8 Å². The maximum absolute atomic E-state index is 11.2. The normalized spacial score (nSPS) is 18.8. The predicted octanol–water partition coefficient (Wildman–Crippen LogP) is 7.84. The van der Waals surface area contributed by atoms with Crippen LogP contribution in [-0.4, -0.2) is 16.8 Å². The van der Waals surface area contributed by atoms with Crippen LogP contribution in [0.5, 0.6) is 5.95 Å². The lowest BCUT2D eigenvalue weighted by Crippen LogP contribution is -2.15. The number of aromatic carboxylic acids is 1. The quantitative estimate of drug-likeness (QED) is 0.329. The molecule has 1 N–H and O–H groups in total. The molecule has 1 aromatic heterocycles. The summed E-state index contributed by atoms with van der Waals surface area (Å²) in [4.78, 5) is 16.2. The van der Waals surface area contributed by atoms with E-state index < -0.39 is 5.97 Å². The van der Waals surface area contributed by atoms with Crippen LogP contribution in [0.1, 0.15) is 86.4 Å². The van der Waals surface area contributed by atoms with Gasteiger partial charge in [0.2, 0.25) is 5.76 Å². The number of carboxylic acid groups (broad SMARTS) is 1. The second kappa shape index (κ2) is 11.2. The Morgan fingerprint density at radius 2 is 1.81 bits per heavy atom. The molecular formula is C31H35NO4. The van der Waals surface area contributed by atoms with Gasteiger partial charge in [0.05, 0.1) is 0 Å². The number of furan rings is 1. The van der Waals surface area contributed by atoms with Gasteiger partial charge in [0.25, 0.3) is 5.95 Å². The van der Waals surface area contributed by atoms with Crippen molar-refractivity contribution in [1.82, 2.24) is 0 Å². The van der Waals surface area contributed by atoms with Gasteiger partial charge in [-0.1, -0.05) is 62.9 Å². The van der Waals surface area contributed by atoms with Crippen LogP contribution in [0.15, 0.2) is 80.6 Å². The first-order valence-corrected chi connectivity index (χ1v) is 13.4. The van der Waals surface area contributed by atoms with Gasteiger partial charge in [-0.15, -0.1) is 0 Å². The Balaban J connectivity index is 1.32. The summed E-state index contributed by atoms with van der Waals surface area (Å²) in [7, 11) is 0. The number of aliphatic imine (C=N–C) groups is 1. The summed E-state index contributed by atoms with van der Waals surface area (Å²) in [5, 5.41) is 9.16. The summed E-state index contributed by atoms with van der Waals surface area (Å²) in [5.41, 5.74) is 7.47. The molecule has 0 spiro atoms. The Kier molecular flexibility index (Phi) is 7.55. The van der Waals surface area contributed by atoms with Gasteiger partial charge in [0, 0.05) is 17.7 Å². The third-order valence-electron chi connectivity index (χ3n) is 7.40. The second-order valence-corrected chi connectivity index (χ2v) is 10.0. The summed E-state index contributed by atoms with van der Waals surface area (Å²) in [6.45, 7) is 2.26. The molecule has 2 heterocycles. The highest BCUT2D eigenvalue weighted by molar-refractivity contribution is 6.06. The van der Waals surface area contributed by atoms with Crippen molar-refractivity contribution < 1.29 is 19.1 Å². The van der Waals surface area contributed by atoms with Gasteiger partial charge in [-0.2, -0.15) is 0 Å². The van der Waals surface area contributed by atoms with Crippen LogP contribution < -0.4 is 4.74 Å². The van der Waals surface area contributed by atoms with Crippen molar-refractivity contribution in [2.45, 2.75) is 77.6 Å². The predicted molar refractivity (Wildman–Crippen MR) is 141 cm³/mol. The largest absolute Gasteiger partial charge is 0.475 e. The average Bonchev–Trinajstić information content (AvgIpc) is 3.52. The smallest absolute Gasteiger partial charge is 0.371 e. The van der Waals surface area contributed by atoms with Crippen molar-refractivity contribution in [3.05, 3.63) is 88.0 Å². The molecule has 5 heteroatoms. The first kappa shape index (κ1) is 24.4. The summed E-state index contributed by atoms with van der Waals surface area (Å²) in [6.07, 6.45) is 17.2. The number of nitrogens with zero attached hydrogens (tertiary/aromatic N) is 1. The van der Waals surface area contributed by atoms with E-state index in [4.69, 9.17) is 19.3 Å². The minimum Gasteiger partial charge on any atom is -0.475 e. The van der Waals surface area contributed by atoms with E-state index in [1.807, 2.05) is 6.08 Å². The number of rotatable bonds is 11. The number of hydrogen-bond donors (Lipinski definition) is 1. The molecule has 1 atom stereocenters. The van der Waals surface area contributed by atoms with Crippen molar-refractivity contribution in [2.24, 2.45) is 10.9 Å². The van der Waals surface area contributed by atoms with Gasteiger partial charge in [0.15, 0.2) is 5.76 Å². The SMILES string of the molecule is CCCCCCCc1ccc(CC2C=CC(Oc3ccc(C(=O)O)o3)=C3N=C4CCCCC4=C32)cc1. The third-order valence-corrected chi connectivity index (χ3v) is 7.40. The van der Waals surface area contributed by atoms with Crippen LogP contribution in [0.25, 0.3) is 0 Å². The van der Waals surface area contributed by atoms with Crippen LogP contribution in [0.3, 0.4) is 0 Å². The number of carbonyl (C=O) groups is 1. The minimum absolute atomic E-state index is 0.136. The highest BCUT2D eigenvalue weighted by atomic mass is 16.6. The number of fused-ring (bicyclic) bond motifs is 2. The van der Waals surface area contributed by atoms with E-state index in [1.54, 1.807) is 6.07 Å². The zero-order chi connectivity index (χ0) is 24.9. The fourth-order valence-corrected chi connectivity index (χ4v) is 5.49. The lowest BCUT2D eigenvalue weighted by Gasteiger charge is -2.24. The van der Waals surface area contributed by atoms with Crippen molar-refractivity contribution in [3.63, 3.8) is 0 Å². The van der Waals surface area contributed by atoms with Crippen LogP contribution in [0, 0.1) is 5.92 Å². The molecule has 1 saturated carbocycles. The summed E-state index contributed by atoms with van der Waals surface area (Å²) in [5.74, 6) is -0.210. The third kappa shape index (κ3) is 5.40. The summed E-state index contributed by atoms with van der Waals surface area (Å²) < 4.78 is 11.3. The van der Waals surface area contributed by atoms with E-state index in [9.17, 15) is 4.79 Å². The van der Waals surface area contributed by atoms with Gasteiger partial charge in [-0.3, -0.25) is 0 Å². The lowest BCUT2D eigenvalue weighted by atomic mass is 9.80. The van der Waals surface area contributed by atoms with Crippen LogP contribution in [0.2, 0.25) is 0 Å². The highest BCUT2D eigenvalue weighted by Gasteiger charge is 2.34. The van der Waals surface area contributed by atoms with Gasteiger partial charge in [0.1, 0.15) is 5.70 Å². The molecule has 5 nitrogen and oxygen atoms in total. The van der Waals surface area contributed by atoms with Crippen molar-refractivity contribution in [2.75, 3.05) is 0 Å². The number of allylic oxidation sites excluding steroid dienone is 4. The standard InChI is InChI=1S/C31H35NO4/c1-2-3-4-5-6-9-21-12-14-22(15-13-21)20-23-16-17-26(35-28-19-18-27(36-28)31(33)34)30-29(23)24-10-7-8-11-25(24)32-30/h12-19,23H,2-11,20H2,1H3,(H,33,34). The molecule has 2 aliphatic carbocycles. The first-order valence-electron chi connectivity index (χ1n) is 13.4. The molecule has 3 aliphatic rings. The highest BCUT2D eigenvalue weighted by Crippen LogP contribution is 2.43. The Labute approximate surface area is 213 Å². The van der Waals surface area contributed by atoms with Gasteiger partial charge < -0.3 is 14.3 Å². The van der Waals surface area contributed by atoms with E-state index in [-0.39, 0.29) is 17.6 Å². The minimum atomic E-state index is -1.11. The zero-order valence-corrected chi connectivity index (χ0v) is 21.1. The first-order chi connectivity index (χ1) is 17.6. The fraction of sp³-hybridized carbons (Fsp3) is 0.419. The number of aryl methyl sites for hydroxylation is 1. The molecule has 0 radical (unpaired) electrons. The van der Waals surface area contributed by atoms with Crippen molar-refractivity contribution in [3.8, 4) is 5.95 Å². The molecule has 1 aliphatic heterocycles. The summed E-state index contributed by atoms with van der Waals surface area (Å²) >= 11 is 0. The molecule has 2 aromatic rings. The maximum Gasteiger partial charge on any atom is 0.371 e. The topological polar surface area (TPSA) is 72.0 Å². The molecule has 1 fully saturated rings. The number of unbranched alkanes of at least 4 members (excludes halogenated alkanes) is 4. The fourth-order valence-electron chi connectivity index (χ4n) is 5.49. The number of benzene rings is 1. The molecule has 5 rings (SSSR count). The second-order valence-electron chi connectivity index (χ2n) is 10.0. The van der Waals surface area contributed by atoms with Gasteiger partial charge in [-0.05, 0) is 79.4 Å². The van der Waals surface area contributed by atoms with Gasteiger partial charge in [-0.25, -0.2) is 9.79 Å². The zero-order valence-electron chi connectivity index (χ0n) is 21.1. The van der Waals surface area contributed by atoms with E-state index in [2.05, 4.69) is 37.3 Å². The molecule has 0 bridgehead atoms. The average molecular weight is 486 g/mol. The van der Waals surface area contributed by atoms with Crippen LogP contribution in [0.4, 0.5) is 0 Å². The maximum atomic E-state index is 11.2. The molecular weight excluding hydrogens is 450 g/mol. The Morgan fingerprint density at radius 1 is 1.03 bits per heavy atom. The molecule has 36 heavy (non-hydrogen) atoms. The van der Waals surface area contributed by atoms with E-state index in [1.165, 1.54) is 72.6 Å². The monoisotopic (exact) mass is 485 g/mol. The van der Waals surface area contributed by atoms with Crippen molar-refractivity contribution in [1.29, 1.82) is 0 Å². The Bertz CT molecular complexity index is 1230. The number of hydrogen-bond acceptors (Lipinski definition) is 4. The molecule has 188 valence electrons. The van der Waals surface area contributed by atoms with E-state index >= 15 is 0 Å². The lowest BCUT2D eigenvalue weighted by molar-refractivity contribution is 0.0656. The van der Waals surface area contributed by atoms with Crippen LogP contribution >= 0.6 is 0 Å².